The summed E-state index contributed by atoms with van der Waals surface area (Å²) < 4.78 is 5.46. The van der Waals surface area contributed by atoms with Crippen molar-refractivity contribution in [1.82, 2.24) is 10.2 Å². The summed E-state index contributed by atoms with van der Waals surface area (Å²) in [6.07, 6.45) is 1.94. The zero-order valence-corrected chi connectivity index (χ0v) is 12.2. The fourth-order valence-electron chi connectivity index (χ4n) is 3.01. The van der Waals surface area contributed by atoms with Crippen LogP contribution in [-0.2, 0) is 4.74 Å². The minimum absolute atomic E-state index is 0.187. The van der Waals surface area contributed by atoms with Gasteiger partial charge in [-0.2, -0.15) is 0 Å². The topological polar surface area (TPSA) is 61.8 Å². The lowest BCUT2D eigenvalue weighted by Gasteiger charge is -2.35. The molecule has 0 aromatic carbocycles. The maximum atomic E-state index is 12.2. The van der Waals surface area contributed by atoms with Gasteiger partial charge in [-0.3, -0.25) is 0 Å². The quantitative estimate of drug-likeness (QED) is 0.697. The number of carbonyl (C=O) groups excluding carboxylic acids is 1. The summed E-state index contributed by atoms with van der Waals surface area (Å²) in [5.41, 5.74) is -0.656. The lowest BCUT2D eigenvalue weighted by Crippen LogP contribution is -2.47. The highest BCUT2D eigenvalue weighted by Gasteiger charge is 2.44. The summed E-state index contributed by atoms with van der Waals surface area (Å²) in [4.78, 5) is 14.0. The van der Waals surface area contributed by atoms with Crippen molar-refractivity contribution in [2.24, 2.45) is 5.41 Å². The number of aliphatic hydroxyl groups excluding tert-OH is 1. The Kier molecular flexibility index (Phi) is 4.06. The molecule has 2 rings (SSSR count). The van der Waals surface area contributed by atoms with Crippen LogP contribution in [0.2, 0.25) is 0 Å². The van der Waals surface area contributed by atoms with E-state index in [1.54, 1.807) is 4.90 Å². The Balaban J connectivity index is 2.07. The molecule has 2 atom stereocenters. The molecule has 1 spiro atoms. The molecule has 0 aromatic heterocycles. The average molecular weight is 270 g/mol. The van der Waals surface area contributed by atoms with Crippen LogP contribution >= 0.6 is 0 Å². The molecule has 19 heavy (non-hydrogen) atoms. The number of rotatable bonds is 0. The predicted octanol–water partition coefficient (Wildman–Crippen LogP) is 1.36. The van der Waals surface area contributed by atoms with E-state index in [1.807, 2.05) is 20.8 Å². The molecule has 2 heterocycles. The second kappa shape index (κ2) is 5.29. The van der Waals surface area contributed by atoms with Crippen molar-refractivity contribution in [3.63, 3.8) is 0 Å². The molecule has 0 aromatic rings. The third kappa shape index (κ3) is 3.39. The van der Waals surface area contributed by atoms with E-state index < -0.39 is 5.60 Å². The third-order valence-corrected chi connectivity index (χ3v) is 4.05. The molecule has 5 heteroatoms. The van der Waals surface area contributed by atoms with E-state index in [9.17, 15) is 9.90 Å². The van der Waals surface area contributed by atoms with Crippen molar-refractivity contribution in [3.8, 4) is 0 Å². The van der Waals surface area contributed by atoms with E-state index in [2.05, 4.69) is 5.32 Å². The SMILES string of the molecule is CC(C)(C)OC(=O)N1CCCC(O)C2(CCNC2)C1. The molecule has 2 N–H and O–H groups in total. The van der Waals surface area contributed by atoms with Gasteiger partial charge in [0, 0.05) is 25.0 Å². The van der Waals surface area contributed by atoms with E-state index in [1.165, 1.54) is 0 Å². The Labute approximate surface area is 115 Å². The number of nitrogens with zero attached hydrogens (tertiary/aromatic N) is 1. The maximum Gasteiger partial charge on any atom is 0.410 e. The molecule has 110 valence electrons. The first-order valence-electron chi connectivity index (χ1n) is 7.19. The first kappa shape index (κ1) is 14.6. The zero-order valence-electron chi connectivity index (χ0n) is 12.2. The van der Waals surface area contributed by atoms with Gasteiger partial charge in [0.1, 0.15) is 5.60 Å². The van der Waals surface area contributed by atoms with E-state index in [0.717, 1.165) is 32.4 Å². The van der Waals surface area contributed by atoms with Crippen molar-refractivity contribution in [1.29, 1.82) is 0 Å². The minimum Gasteiger partial charge on any atom is -0.444 e. The van der Waals surface area contributed by atoms with Gasteiger partial charge in [0.05, 0.1) is 6.10 Å². The van der Waals surface area contributed by atoms with Gasteiger partial charge in [0.15, 0.2) is 0 Å². The Morgan fingerprint density at radius 2 is 2.21 bits per heavy atom. The van der Waals surface area contributed by atoms with Gasteiger partial charge in [0.25, 0.3) is 0 Å². The molecule has 0 saturated carbocycles. The summed E-state index contributed by atoms with van der Waals surface area (Å²) >= 11 is 0. The highest BCUT2D eigenvalue weighted by Crippen LogP contribution is 2.35. The van der Waals surface area contributed by atoms with Crippen molar-refractivity contribution in [2.45, 2.75) is 51.7 Å². The number of hydrogen-bond acceptors (Lipinski definition) is 4. The van der Waals surface area contributed by atoms with Gasteiger partial charge in [-0.15, -0.1) is 0 Å². The first-order chi connectivity index (χ1) is 8.82. The Hall–Kier alpha value is -0.810. The molecule has 5 nitrogen and oxygen atoms in total. The molecule has 0 bridgehead atoms. The number of likely N-dealkylation sites (tertiary alicyclic amines) is 1. The van der Waals surface area contributed by atoms with Gasteiger partial charge >= 0.3 is 6.09 Å². The summed E-state index contributed by atoms with van der Waals surface area (Å²) in [6, 6.07) is 0. The van der Waals surface area contributed by atoms with Crippen LogP contribution < -0.4 is 5.32 Å². The molecule has 1 amide bonds. The number of amides is 1. The van der Waals surface area contributed by atoms with E-state index in [0.29, 0.717) is 13.1 Å². The van der Waals surface area contributed by atoms with Crippen LogP contribution in [0.15, 0.2) is 0 Å². The van der Waals surface area contributed by atoms with Crippen molar-refractivity contribution in [3.05, 3.63) is 0 Å². The number of nitrogens with one attached hydrogen (secondary N) is 1. The minimum atomic E-state index is -0.469. The molecular formula is C14H26N2O3. The Morgan fingerprint density at radius 1 is 1.47 bits per heavy atom. The summed E-state index contributed by atoms with van der Waals surface area (Å²) in [5, 5.41) is 13.7. The molecular weight excluding hydrogens is 244 g/mol. The van der Waals surface area contributed by atoms with Gasteiger partial charge in [-0.05, 0) is 46.6 Å². The molecule has 0 radical (unpaired) electrons. The van der Waals surface area contributed by atoms with Crippen LogP contribution in [0.5, 0.6) is 0 Å². The van der Waals surface area contributed by atoms with E-state index in [4.69, 9.17) is 4.74 Å². The summed E-state index contributed by atoms with van der Waals surface area (Å²) in [7, 11) is 0. The van der Waals surface area contributed by atoms with Gasteiger partial charge in [0.2, 0.25) is 0 Å². The number of ether oxygens (including phenoxy) is 1. The van der Waals surface area contributed by atoms with Crippen molar-refractivity contribution < 1.29 is 14.6 Å². The molecule has 2 saturated heterocycles. The second-order valence-corrected chi connectivity index (χ2v) is 6.85. The zero-order chi connectivity index (χ0) is 14.1. The van der Waals surface area contributed by atoms with E-state index in [-0.39, 0.29) is 17.6 Å². The van der Waals surface area contributed by atoms with Crippen molar-refractivity contribution in [2.75, 3.05) is 26.2 Å². The first-order valence-corrected chi connectivity index (χ1v) is 7.19. The number of aliphatic hydroxyl groups is 1. The Morgan fingerprint density at radius 3 is 2.79 bits per heavy atom. The molecule has 2 aliphatic heterocycles. The lowest BCUT2D eigenvalue weighted by molar-refractivity contribution is 0.000624. The van der Waals surface area contributed by atoms with Crippen LogP contribution in [0.1, 0.15) is 40.0 Å². The highest BCUT2D eigenvalue weighted by atomic mass is 16.6. The molecule has 2 unspecified atom stereocenters. The normalized spacial score (nSPS) is 32.4. The smallest absolute Gasteiger partial charge is 0.410 e. The van der Waals surface area contributed by atoms with Crippen LogP contribution in [-0.4, -0.2) is 54.0 Å². The Bertz CT molecular complexity index is 332. The van der Waals surface area contributed by atoms with E-state index >= 15 is 0 Å². The van der Waals surface area contributed by atoms with Gasteiger partial charge in [-0.25, -0.2) is 4.79 Å². The average Bonchev–Trinajstić information content (AvgIpc) is 2.68. The van der Waals surface area contributed by atoms with Crippen LogP contribution in [0.3, 0.4) is 0 Å². The third-order valence-electron chi connectivity index (χ3n) is 4.05. The largest absolute Gasteiger partial charge is 0.444 e. The van der Waals surface area contributed by atoms with Gasteiger partial charge < -0.3 is 20.1 Å². The van der Waals surface area contributed by atoms with Crippen molar-refractivity contribution >= 4 is 6.09 Å². The summed E-state index contributed by atoms with van der Waals surface area (Å²) in [5.74, 6) is 0. The number of carbonyl (C=O) groups is 1. The van der Waals surface area contributed by atoms with Crippen LogP contribution in [0.4, 0.5) is 4.79 Å². The number of hydrogen-bond donors (Lipinski definition) is 2. The molecule has 2 fully saturated rings. The highest BCUT2D eigenvalue weighted by molar-refractivity contribution is 5.68. The van der Waals surface area contributed by atoms with Gasteiger partial charge in [-0.1, -0.05) is 0 Å². The predicted molar refractivity (Wildman–Crippen MR) is 73.0 cm³/mol. The fourth-order valence-corrected chi connectivity index (χ4v) is 3.01. The monoisotopic (exact) mass is 270 g/mol. The summed E-state index contributed by atoms with van der Waals surface area (Å²) in [6.45, 7) is 8.61. The van der Waals surface area contributed by atoms with Crippen LogP contribution in [0, 0.1) is 5.41 Å². The van der Waals surface area contributed by atoms with Crippen LogP contribution in [0.25, 0.3) is 0 Å². The molecule has 0 aliphatic carbocycles. The maximum absolute atomic E-state index is 12.2. The second-order valence-electron chi connectivity index (χ2n) is 6.85. The fraction of sp³-hybridized carbons (Fsp3) is 0.929. The lowest BCUT2D eigenvalue weighted by atomic mass is 9.80. The standard InChI is InChI=1S/C14H26N2O3/c1-13(2,3)19-12(18)16-8-4-5-11(17)14(10-16)6-7-15-9-14/h11,15,17H,4-10H2,1-3H3. The molecule has 2 aliphatic rings.